The number of aliphatic hydroxyl groups excluding tert-OH is 2. The number of cyclic esters (lactones) is 1. The zero-order chi connectivity index (χ0) is 36.6. The molecule has 10 atom stereocenters. The third-order valence-electron chi connectivity index (χ3n) is 11.2. The molecule has 4 rings (SSSR count). The summed E-state index contributed by atoms with van der Waals surface area (Å²) < 4.78 is 17.6. The first-order valence-electron chi connectivity index (χ1n) is 19.0. The Morgan fingerprint density at radius 1 is 1.18 bits per heavy atom. The summed E-state index contributed by atoms with van der Waals surface area (Å²) in [6.07, 6.45) is 10.6. The highest BCUT2D eigenvalue weighted by Crippen LogP contribution is 2.37. The summed E-state index contributed by atoms with van der Waals surface area (Å²) in [4.78, 5) is 30.5. The van der Waals surface area contributed by atoms with Crippen LogP contribution >= 0.6 is 0 Å². The number of ether oxygens (including phenoxy) is 3. The van der Waals surface area contributed by atoms with Crippen molar-refractivity contribution >= 4 is 12.1 Å². The van der Waals surface area contributed by atoms with Gasteiger partial charge in [-0.1, -0.05) is 51.5 Å². The molecular formula is C39H64N2O9. The van der Waals surface area contributed by atoms with Crippen molar-refractivity contribution < 1.29 is 44.2 Å². The van der Waals surface area contributed by atoms with Gasteiger partial charge in [-0.05, 0) is 83.4 Å². The molecular weight excluding hydrogens is 640 g/mol. The van der Waals surface area contributed by atoms with Crippen LogP contribution in [0.5, 0.6) is 0 Å². The van der Waals surface area contributed by atoms with Crippen molar-refractivity contribution in [1.82, 2.24) is 9.80 Å². The van der Waals surface area contributed by atoms with Gasteiger partial charge in [0.05, 0.1) is 36.4 Å². The van der Waals surface area contributed by atoms with Gasteiger partial charge < -0.3 is 44.4 Å². The molecule has 0 aromatic rings. The lowest BCUT2D eigenvalue weighted by Crippen LogP contribution is -2.46. The van der Waals surface area contributed by atoms with Crippen molar-refractivity contribution in [3.63, 3.8) is 0 Å². The van der Waals surface area contributed by atoms with Crippen LogP contribution < -0.4 is 0 Å². The molecule has 0 bridgehead atoms. The van der Waals surface area contributed by atoms with Crippen LogP contribution in [-0.4, -0.2) is 123 Å². The highest BCUT2D eigenvalue weighted by Gasteiger charge is 2.47. The summed E-state index contributed by atoms with van der Waals surface area (Å²) in [5, 5.41) is 43.4. The maximum absolute atomic E-state index is 13.5. The summed E-state index contributed by atoms with van der Waals surface area (Å²) in [6.45, 7) is 14.9. The van der Waals surface area contributed by atoms with Gasteiger partial charge in [0.1, 0.15) is 11.7 Å². The average molecular weight is 705 g/mol. The molecule has 0 spiro atoms. The number of hydrogen-bond donors (Lipinski definition) is 4. The van der Waals surface area contributed by atoms with Crippen molar-refractivity contribution in [3.05, 3.63) is 36.0 Å². The summed E-state index contributed by atoms with van der Waals surface area (Å²) in [7, 11) is 0. The van der Waals surface area contributed by atoms with Gasteiger partial charge in [-0.2, -0.15) is 0 Å². The summed E-state index contributed by atoms with van der Waals surface area (Å²) in [6, 6.07) is 0. The number of rotatable bonds is 11. The number of carbonyl (C=O) groups excluding carboxylic acids is 2. The minimum atomic E-state index is -1.48. The fourth-order valence-electron chi connectivity index (χ4n) is 7.36. The van der Waals surface area contributed by atoms with E-state index < -0.39 is 47.7 Å². The van der Waals surface area contributed by atoms with E-state index in [9.17, 15) is 30.0 Å². The van der Waals surface area contributed by atoms with Crippen LogP contribution in [0.15, 0.2) is 36.0 Å². The van der Waals surface area contributed by atoms with Gasteiger partial charge >= 0.3 is 12.1 Å². The van der Waals surface area contributed by atoms with Crippen LogP contribution in [0.3, 0.4) is 0 Å². The predicted molar refractivity (Wildman–Crippen MR) is 191 cm³/mol. The van der Waals surface area contributed by atoms with E-state index in [2.05, 4.69) is 4.90 Å². The number of hydrogen-bond acceptors (Lipinski definition) is 10. The zero-order valence-corrected chi connectivity index (χ0v) is 31.2. The summed E-state index contributed by atoms with van der Waals surface area (Å²) >= 11 is 0. The van der Waals surface area contributed by atoms with Crippen molar-refractivity contribution in [2.24, 2.45) is 17.8 Å². The average Bonchev–Trinajstić information content (AvgIpc) is 3.83. The second kappa shape index (κ2) is 18.0. The molecule has 0 radical (unpaired) electrons. The van der Waals surface area contributed by atoms with Crippen LogP contribution in [-0.2, 0) is 19.0 Å². The fraction of sp³-hybridized carbons (Fsp3) is 0.795. The van der Waals surface area contributed by atoms with Crippen molar-refractivity contribution in [1.29, 1.82) is 0 Å². The lowest BCUT2D eigenvalue weighted by atomic mass is 9.85. The van der Waals surface area contributed by atoms with Gasteiger partial charge in [-0.15, -0.1) is 0 Å². The van der Waals surface area contributed by atoms with E-state index >= 15 is 0 Å². The van der Waals surface area contributed by atoms with Gasteiger partial charge in [0.15, 0.2) is 6.10 Å². The van der Waals surface area contributed by atoms with E-state index in [1.165, 1.54) is 19.3 Å². The van der Waals surface area contributed by atoms with E-state index in [0.29, 0.717) is 31.5 Å². The van der Waals surface area contributed by atoms with Gasteiger partial charge in [0.2, 0.25) is 0 Å². The Hall–Kier alpha value is -2.28. The Morgan fingerprint density at radius 2 is 1.92 bits per heavy atom. The van der Waals surface area contributed by atoms with Crippen molar-refractivity contribution in [3.8, 4) is 0 Å². The Kier molecular flexibility index (Phi) is 14.6. The number of epoxide rings is 1. The standard InChI is InChI=1S/C39H64N2O9/c1-7-31(43)28(4)36-32(48-36)24-38(5,46)17-9-11-26(2)35-27(3)14-15-33(39(6,47)18-16-30(42)23-34(44)50-35)49-37(45)41-20-10-19-40(21-22-41)25-29-12-8-13-29/h9,11,14-15,17,27-33,35-36,42-43,46-47H,7-8,10,12-13,16,18-25H2,1-6H3/b15-14+,17-9+,26-11+. The van der Waals surface area contributed by atoms with Crippen molar-refractivity contribution in [2.45, 2.75) is 147 Å². The molecule has 3 aliphatic heterocycles. The molecule has 10 unspecified atom stereocenters. The van der Waals surface area contributed by atoms with E-state index in [0.717, 1.165) is 32.0 Å². The molecule has 3 fully saturated rings. The molecule has 3 heterocycles. The Labute approximate surface area is 299 Å². The van der Waals surface area contributed by atoms with E-state index in [1.54, 1.807) is 49.1 Å². The lowest BCUT2D eigenvalue weighted by molar-refractivity contribution is -0.151. The second-order valence-electron chi connectivity index (χ2n) is 16.0. The monoisotopic (exact) mass is 704 g/mol. The van der Waals surface area contributed by atoms with E-state index in [4.69, 9.17) is 14.2 Å². The topological polar surface area (TPSA) is 153 Å². The quantitative estimate of drug-likeness (QED) is 0.105. The molecule has 4 aliphatic rings. The molecule has 4 N–H and O–H groups in total. The number of amides is 1. The first-order chi connectivity index (χ1) is 23.6. The van der Waals surface area contributed by atoms with Crippen LogP contribution in [0.1, 0.15) is 99.3 Å². The van der Waals surface area contributed by atoms with E-state index in [1.807, 2.05) is 27.7 Å². The predicted octanol–water partition coefficient (Wildman–Crippen LogP) is 4.52. The maximum Gasteiger partial charge on any atom is 0.410 e. The van der Waals surface area contributed by atoms with Gasteiger partial charge in [-0.25, -0.2) is 4.79 Å². The number of esters is 1. The molecule has 0 aromatic carbocycles. The molecule has 11 heteroatoms. The molecule has 1 saturated carbocycles. The largest absolute Gasteiger partial charge is 0.457 e. The molecule has 284 valence electrons. The normalized spacial score (nSPS) is 35.4. The molecule has 1 aliphatic carbocycles. The van der Waals surface area contributed by atoms with Crippen LogP contribution in [0, 0.1) is 17.8 Å². The third kappa shape index (κ3) is 11.9. The van der Waals surface area contributed by atoms with Crippen LogP contribution in [0.2, 0.25) is 0 Å². The van der Waals surface area contributed by atoms with Crippen molar-refractivity contribution in [2.75, 3.05) is 32.7 Å². The zero-order valence-electron chi connectivity index (χ0n) is 31.2. The number of allylic oxidation sites excluding steroid dienone is 2. The number of aliphatic hydroxyl groups is 4. The maximum atomic E-state index is 13.5. The molecule has 0 aromatic heterocycles. The number of nitrogens with zero attached hydrogens (tertiary/aromatic N) is 2. The summed E-state index contributed by atoms with van der Waals surface area (Å²) in [5.41, 5.74) is -1.93. The second-order valence-corrected chi connectivity index (χ2v) is 16.0. The van der Waals surface area contributed by atoms with E-state index in [-0.39, 0.29) is 43.3 Å². The van der Waals surface area contributed by atoms with Gasteiger partial charge in [-0.3, -0.25) is 4.79 Å². The smallest absolute Gasteiger partial charge is 0.410 e. The minimum Gasteiger partial charge on any atom is -0.457 e. The molecule has 11 nitrogen and oxygen atoms in total. The fourth-order valence-corrected chi connectivity index (χ4v) is 7.36. The number of carbonyl (C=O) groups is 2. The van der Waals surface area contributed by atoms with Gasteiger partial charge in [0, 0.05) is 44.4 Å². The first-order valence-corrected chi connectivity index (χ1v) is 19.0. The first kappa shape index (κ1) is 40.5. The Balaban J connectivity index is 1.43. The third-order valence-corrected chi connectivity index (χ3v) is 11.2. The van der Waals surface area contributed by atoms with Gasteiger partial charge in [0.25, 0.3) is 0 Å². The van der Waals surface area contributed by atoms with Crippen LogP contribution in [0.4, 0.5) is 4.79 Å². The highest BCUT2D eigenvalue weighted by atomic mass is 16.6. The molecule has 1 amide bonds. The minimum absolute atomic E-state index is 0.0100. The Bertz CT molecular complexity index is 1210. The molecule has 50 heavy (non-hydrogen) atoms. The lowest BCUT2D eigenvalue weighted by Gasteiger charge is -2.34. The molecule has 2 saturated heterocycles. The summed E-state index contributed by atoms with van der Waals surface area (Å²) in [5.74, 6) is -0.171. The highest BCUT2D eigenvalue weighted by molar-refractivity contribution is 5.70. The Morgan fingerprint density at radius 3 is 2.60 bits per heavy atom. The SMILES string of the molecule is CCC(O)C(C)C1OC1CC(C)(O)/C=C/C=C(\C)C1OC(=O)CC(O)CCC(C)(O)C(OC(=O)N2CCCN(CC3CCC3)CC2)/C=C/C1C. The van der Waals surface area contributed by atoms with Crippen LogP contribution in [0.25, 0.3) is 0 Å².